The van der Waals surface area contributed by atoms with E-state index in [1.165, 1.54) is 17.5 Å². The topological polar surface area (TPSA) is 38.9 Å². The number of aryl methyl sites for hydroxylation is 1. The molecule has 3 rings (SSSR count). The molecule has 90 valence electrons. The van der Waals surface area contributed by atoms with Crippen molar-refractivity contribution in [3.05, 3.63) is 53.9 Å². The number of nitrogens with two attached hydrogens (primary N) is 1. The lowest BCUT2D eigenvalue weighted by Gasteiger charge is -2.11. The van der Waals surface area contributed by atoms with Crippen LogP contribution in [0, 0.1) is 0 Å². The molecule has 1 heterocycles. The normalized spacial score (nSPS) is 13.3. The van der Waals surface area contributed by atoms with E-state index in [1.807, 2.05) is 12.1 Å². The summed E-state index contributed by atoms with van der Waals surface area (Å²) in [6.07, 6.45) is 7.05. The SMILES string of the molecule is C=Cc1cc(-c2ccc3c(c2N)CCC3)ccn1. The Balaban J connectivity index is 2.14. The van der Waals surface area contributed by atoms with E-state index < -0.39 is 0 Å². The van der Waals surface area contributed by atoms with Gasteiger partial charge in [-0.25, -0.2) is 0 Å². The van der Waals surface area contributed by atoms with Crippen LogP contribution in [-0.2, 0) is 12.8 Å². The summed E-state index contributed by atoms with van der Waals surface area (Å²) < 4.78 is 0. The van der Waals surface area contributed by atoms with Crippen LogP contribution in [0.1, 0.15) is 23.2 Å². The number of benzene rings is 1. The van der Waals surface area contributed by atoms with Crippen molar-refractivity contribution in [2.45, 2.75) is 19.3 Å². The summed E-state index contributed by atoms with van der Waals surface area (Å²) in [6.45, 7) is 3.75. The van der Waals surface area contributed by atoms with Crippen molar-refractivity contribution < 1.29 is 0 Å². The number of hydrogen-bond acceptors (Lipinski definition) is 2. The third-order valence-electron chi connectivity index (χ3n) is 3.63. The number of anilines is 1. The highest BCUT2D eigenvalue weighted by Crippen LogP contribution is 2.35. The molecule has 2 nitrogen and oxygen atoms in total. The Morgan fingerprint density at radius 2 is 2.11 bits per heavy atom. The summed E-state index contributed by atoms with van der Waals surface area (Å²) >= 11 is 0. The van der Waals surface area contributed by atoms with Gasteiger partial charge in [-0.05, 0) is 54.2 Å². The van der Waals surface area contributed by atoms with Crippen molar-refractivity contribution in [2.75, 3.05) is 5.73 Å². The molecule has 0 saturated carbocycles. The molecule has 0 saturated heterocycles. The Kier molecular flexibility index (Phi) is 2.63. The third-order valence-corrected chi connectivity index (χ3v) is 3.63. The molecule has 1 aromatic carbocycles. The van der Waals surface area contributed by atoms with E-state index >= 15 is 0 Å². The minimum atomic E-state index is 0.882. The summed E-state index contributed by atoms with van der Waals surface area (Å²) in [5.41, 5.74) is 13.1. The van der Waals surface area contributed by atoms with Crippen LogP contribution in [0.3, 0.4) is 0 Å². The van der Waals surface area contributed by atoms with E-state index in [-0.39, 0.29) is 0 Å². The van der Waals surface area contributed by atoms with Crippen molar-refractivity contribution in [3.63, 3.8) is 0 Å². The van der Waals surface area contributed by atoms with E-state index in [1.54, 1.807) is 12.3 Å². The molecule has 18 heavy (non-hydrogen) atoms. The molecule has 1 aliphatic carbocycles. The zero-order chi connectivity index (χ0) is 12.5. The van der Waals surface area contributed by atoms with Gasteiger partial charge in [0.25, 0.3) is 0 Å². The van der Waals surface area contributed by atoms with E-state index in [2.05, 4.69) is 23.7 Å². The molecular weight excluding hydrogens is 220 g/mol. The molecule has 0 spiro atoms. The lowest BCUT2D eigenvalue weighted by molar-refractivity contribution is 0.912. The van der Waals surface area contributed by atoms with Crippen molar-refractivity contribution in [1.29, 1.82) is 0 Å². The van der Waals surface area contributed by atoms with Crippen molar-refractivity contribution in [2.24, 2.45) is 0 Å². The van der Waals surface area contributed by atoms with Gasteiger partial charge in [0, 0.05) is 17.4 Å². The van der Waals surface area contributed by atoms with Gasteiger partial charge in [0.15, 0.2) is 0 Å². The van der Waals surface area contributed by atoms with Gasteiger partial charge < -0.3 is 5.73 Å². The maximum absolute atomic E-state index is 6.31. The zero-order valence-corrected chi connectivity index (χ0v) is 10.3. The number of pyridine rings is 1. The standard InChI is InChI=1S/C16H16N2/c1-2-13-10-12(8-9-18-13)15-7-6-11-4-3-5-14(11)16(15)17/h2,6-10H,1,3-5,17H2. The van der Waals surface area contributed by atoms with Crippen molar-refractivity contribution >= 4 is 11.8 Å². The van der Waals surface area contributed by atoms with Crippen molar-refractivity contribution in [3.8, 4) is 11.1 Å². The molecule has 0 unspecified atom stereocenters. The summed E-state index contributed by atoms with van der Waals surface area (Å²) in [5, 5.41) is 0. The minimum Gasteiger partial charge on any atom is -0.398 e. The zero-order valence-electron chi connectivity index (χ0n) is 10.3. The molecule has 2 N–H and O–H groups in total. The lowest BCUT2D eigenvalue weighted by atomic mass is 9.98. The van der Waals surface area contributed by atoms with Gasteiger partial charge in [-0.15, -0.1) is 0 Å². The number of aromatic nitrogens is 1. The average Bonchev–Trinajstić information content (AvgIpc) is 2.88. The molecule has 0 amide bonds. The summed E-state index contributed by atoms with van der Waals surface area (Å²) in [5.74, 6) is 0. The smallest absolute Gasteiger partial charge is 0.0629 e. The quantitative estimate of drug-likeness (QED) is 0.811. The van der Waals surface area contributed by atoms with Crippen LogP contribution in [0.15, 0.2) is 37.0 Å². The molecule has 1 aliphatic rings. The second kappa shape index (κ2) is 4.30. The molecule has 0 aliphatic heterocycles. The highest BCUT2D eigenvalue weighted by atomic mass is 14.7. The first-order valence-corrected chi connectivity index (χ1v) is 6.28. The fraction of sp³-hybridized carbons (Fsp3) is 0.188. The van der Waals surface area contributed by atoms with Crippen LogP contribution in [-0.4, -0.2) is 4.98 Å². The van der Waals surface area contributed by atoms with Crippen molar-refractivity contribution in [1.82, 2.24) is 4.98 Å². The Morgan fingerprint density at radius 1 is 1.22 bits per heavy atom. The minimum absolute atomic E-state index is 0.882. The predicted octanol–water partition coefficient (Wildman–Crippen LogP) is 3.46. The summed E-state index contributed by atoms with van der Waals surface area (Å²) in [7, 11) is 0. The Hall–Kier alpha value is -2.09. The largest absolute Gasteiger partial charge is 0.398 e. The monoisotopic (exact) mass is 236 g/mol. The molecule has 1 aromatic heterocycles. The molecule has 2 heteroatoms. The van der Waals surface area contributed by atoms with Gasteiger partial charge in [0.1, 0.15) is 0 Å². The first-order valence-electron chi connectivity index (χ1n) is 6.28. The highest BCUT2D eigenvalue weighted by Gasteiger charge is 2.16. The summed E-state index contributed by atoms with van der Waals surface area (Å²) in [4.78, 5) is 4.23. The maximum atomic E-state index is 6.31. The predicted molar refractivity (Wildman–Crippen MR) is 76.2 cm³/mol. The fourth-order valence-corrected chi connectivity index (χ4v) is 2.67. The van der Waals surface area contributed by atoms with Crippen LogP contribution in [0.25, 0.3) is 17.2 Å². The van der Waals surface area contributed by atoms with Crippen LogP contribution < -0.4 is 5.73 Å². The van der Waals surface area contributed by atoms with Crippen LogP contribution >= 0.6 is 0 Å². The van der Waals surface area contributed by atoms with Gasteiger partial charge in [0.05, 0.1) is 5.69 Å². The fourth-order valence-electron chi connectivity index (χ4n) is 2.67. The Bertz CT molecular complexity index is 614. The van der Waals surface area contributed by atoms with Crippen LogP contribution in [0.5, 0.6) is 0 Å². The Morgan fingerprint density at radius 3 is 2.94 bits per heavy atom. The first kappa shape index (κ1) is 11.0. The highest BCUT2D eigenvalue weighted by molar-refractivity contribution is 5.80. The average molecular weight is 236 g/mol. The summed E-state index contributed by atoms with van der Waals surface area (Å²) in [6, 6.07) is 8.36. The Labute approximate surface area is 107 Å². The molecule has 0 atom stereocenters. The lowest BCUT2D eigenvalue weighted by Crippen LogP contribution is -1.97. The number of nitrogens with zero attached hydrogens (tertiary/aromatic N) is 1. The third kappa shape index (κ3) is 1.70. The number of nitrogen functional groups attached to an aromatic ring is 1. The van der Waals surface area contributed by atoms with Gasteiger partial charge in [-0.1, -0.05) is 18.7 Å². The maximum Gasteiger partial charge on any atom is 0.0629 e. The molecule has 0 bridgehead atoms. The van der Waals surface area contributed by atoms with E-state index in [0.717, 1.165) is 35.3 Å². The van der Waals surface area contributed by atoms with Gasteiger partial charge in [-0.2, -0.15) is 0 Å². The second-order valence-corrected chi connectivity index (χ2v) is 4.69. The van der Waals surface area contributed by atoms with Gasteiger partial charge >= 0.3 is 0 Å². The van der Waals surface area contributed by atoms with E-state index in [0.29, 0.717) is 0 Å². The van der Waals surface area contributed by atoms with Crippen LogP contribution in [0.2, 0.25) is 0 Å². The van der Waals surface area contributed by atoms with E-state index in [4.69, 9.17) is 5.73 Å². The number of fused-ring (bicyclic) bond motifs is 1. The van der Waals surface area contributed by atoms with Gasteiger partial charge in [-0.3, -0.25) is 4.98 Å². The molecule has 0 fully saturated rings. The molecule has 2 aromatic rings. The number of rotatable bonds is 2. The second-order valence-electron chi connectivity index (χ2n) is 4.69. The van der Waals surface area contributed by atoms with E-state index in [9.17, 15) is 0 Å². The molecule has 0 radical (unpaired) electrons. The van der Waals surface area contributed by atoms with Crippen LogP contribution in [0.4, 0.5) is 5.69 Å². The first-order chi connectivity index (χ1) is 8.79. The molecular formula is C16H16N2. The van der Waals surface area contributed by atoms with Gasteiger partial charge in [0.2, 0.25) is 0 Å². The number of hydrogen-bond donors (Lipinski definition) is 1.